The van der Waals surface area contributed by atoms with Gasteiger partial charge in [-0.05, 0) is 48.6 Å². The van der Waals surface area contributed by atoms with Gasteiger partial charge in [-0.2, -0.15) is 0 Å². The van der Waals surface area contributed by atoms with Crippen LogP contribution in [-0.2, 0) is 12.8 Å². The van der Waals surface area contributed by atoms with Gasteiger partial charge in [0.15, 0.2) is 0 Å². The van der Waals surface area contributed by atoms with E-state index in [-0.39, 0.29) is 5.91 Å². The minimum Gasteiger partial charge on any atom is -0.375 e. The first kappa shape index (κ1) is 19.7. The molecule has 0 atom stereocenters. The van der Waals surface area contributed by atoms with Gasteiger partial charge < -0.3 is 10.2 Å². The van der Waals surface area contributed by atoms with E-state index in [2.05, 4.69) is 59.7 Å². The first-order chi connectivity index (χ1) is 13.7. The van der Waals surface area contributed by atoms with Crippen molar-refractivity contribution in [2.24, 2.45) is 0 Å². The summed E-state index contributed by atoms with van der Waals surface area (Å²) in [5.41, 5.74) is 4.38. The van der Waals surface area contributed by atoms with E-state index >= 15 is 0 Å². The first-order valence-electron chi connectivity index (χ1n) is 9.90. The van der Waals surface area contributed by atoms with Crippen LogP contribution in [0.3, 0.4) is 0 Å². The van der Waals surface area contributed by atoms with Gasteiger partial charge in [0, 0.05) is 31.4 Å². The zero-order valence-electron chi connectivity index (χ0n) is 16.5. The molecule has 0 aliphatic rings. The quantitative estimate of drug-likeness (QED) is 0.551. The van der Waals surface area contributed by atoms with Gasteiger partial charge in [0.05, 0.1) is 0 Å². The normalized spacial score (nSPS) is 10.5. The summed E-state index contributed by atoms with van der Waals surface area (Å²) in [6.07, 6.45) is 2.71. The zero-order valence-corrected chi connectivity index (χ0v) is 16.5. The van der Waals surface area contributed by atoms with Crippen LogP contribution in [-0.4, -0.2) is 26.0 Å². The Labute approximate surface area is 168 Å². The smallest absolute Gasteiger partial charge is 0.251 e. The lowest BCUT2D eigenvalue weighted by Gasteiger charge is -2.19. The van der Waals surface area contributed by atoms with Crippen LogP contribution in [0.5, 0.6) is 0 Å². The standard InChI is InChI=1S/C25H28N2O/c1-27(23-14-6-3-7-15-23)20-10-19-26-25(28)24-16-9-8-13-22(24)18-17-21-11-4-2-5-12-21/h2-9,11-16H,10,17-20H2,1H3,(H,26,28). The number of nitrogens with one attached hydrogen (secondary N) is 1. The van der Waals surface area contributed by atoms with Gasteiger partial charge in [-0.3, -0.25) is 4.79 Å². The van der Waals surface area contributed by atoms with Gasteiger partial charge in [0.2, 0.25) is 0 Å². The molecule has 144 valence electrons. The van der Waals surface area contributed by atoms with E-state index in [0.717, 1.165) is 36.9 Å². The van der Waals surface area contributed by atoms with Crippen LogP contribution in [0.2, 0.25) is 0 Å². The Balaban J connectivity index is 1.49. The van der Waals surface area contributed by atoms with E-state index in [4.69, 9.17) is 0 Å². The van der Waals surface area contributed by atoms with E-state index < -0.39 is 0 Å². The molecule has 0 bridgehead atoms. The molecule has 1 amide bonds. The second-order valence-corrected chi connectivity index (χ2v) is 7.01. The molecule has 0 aliphatic heterocycles. The first-order valence-corrected chi connectivity index (χ1v) is 9.90. The van der Waals surface area contributed by atoms with Crippen LogP contribution in [0, 0.1) is 0 Å². The van der Waals surface area contributed by atoms with Crippen molar-refractivity contribution < 1.29 is 4.79 Å². The molecule has 3 aromatic carbocycles. The van der Waals surface area contributed by atoms with Gasteiger partial charge in [0.25, 0.3) is 5.91 Å². The summed E-state index contributed by atoms with van der Waals surface area (Å²) >= 11 is 0. The lowest BCUT2D eigenvalue weighted by molar-refractivity contribution is 0.0952. The molecule has 0 saturated carbocycles. The molecular weight excluding hydrogens is 344 g/mol. The summed E-state index contributed by atoms with van der Waals surface area (Å²) in [6, 6.07) is 28.6. The third-order valence-electron chi connectivity index (χ3n) is 4.94. The lowest BCUT2D eigenvalue weighted by Crippen LogP contribution is -2.28. The minimum atomic E-state index is 0.0195. The molecule has 0 fully saturated rings. The maximum absolute atomic E-state index is 12.7. The molecule has 3 nitrogen and oxygen atoms in total. The van der Waals surface area contributed by atoms with Gasteiger partial charge in [-0.25, -0.2) is 0 Å². The Morgan fingerprint density at radius 2 is 1.46 bits per heavy atom. The molecule has 0 radical (unpaired) electrons. The van der Waals surface area contributed by atoms with Crippen LogP contribution < -0.4 is 10.2 Å². The fourth-order valence-electron chi connectivity index (χ4n) is 3.31. The highest BCUT2D eigenvalue weighted by Crippen LogP contribution is 2.13. The number of aryl methyl sites for hydroxylation is 2. The molecule has 0 aromatic heterocycles. The molecule has 1 N–H and O–H groups in total. The fraction of sp³-hybridized carbons (Fsp3) is 0.240. The second kappa shape index (κ2) is 10.3. The molecule has 28 heavy (non-hydrogen) atoms. The Bertz CT molecular complexity index is 862. The van der Waals surface area contributed by atoms with Crippen LogP contribution in [0.4, 0.5) is 5.69 Å². The van der Waals surface area contributed by atoms with Crippen molar-refractivity contribution in [1.29, 1.82) is 0 Å². The van der Waals surface area contributed by atoms with Crippen LogP contribution in [0.1, 0.15) is 27.9 Å². The Kier molecular flexibility index (Phi) is 7.25. The van der Waals surface area contributed by atoms with E-state index in [1.807, 2.05) is 42.5 Å². The van der Waals surface area contributed by atoms with Gasteiger partial charge in [-0.1, -0.05) is 66.7 Å². The van der Waals surface area contributed by atoms with E-state index in [9.17, 15) is 4.79 Å². The summed E-state index contributed by atoms with van der Waals surface area (Å²) in [5.74, 6) is 0.0195. The van der Waals surface area contributed by atoms with Crippen molar-refractivity contribution in [3.63, 3.8) is 0 Å². The third kappa shape index (κ3) is 5.71. The molecule has 3 rings (SSSR count). The predicted octanol–water partition coefficient (Wildman–Crippen LogP) is 4.73. The molecule has 0 spiro atoms. The molecule has 3 heteroatoms. The van der Waals surface area contributed by atoms with Crippen molar-refractivity contribution in [2.45, 2.75) is 19.3 Å². The van der Waals surface area contributed by atoms with Crippen molar-refractivity contribution in [2.75, 3.05) is 25.0 Å². The number of nitrogens with zero attached hydrogens (tertiary/aromatic N) is 1. The topological polar surface area (TPSA) is 32.3 Å². The zero-order chi connectivity index (χ0) is 19.6. The summed E-state index contributed by atoms with van der Waals surface area (Å²) < 4.78 is 0. The number of hydrogen-bond donors (Lipinski definition) is 1. The van der Waals surface area contributed by atoms with E-state index in [0.29, 0.717) is 6.54 Å². The Hall–Kier alpha value is -3.07. The molecule has 0 unspecified atom stereocenters. The number of rotatable bonds is 9. The SMILES string of the molecule is CN(CCCNC(=O)c1ccccc1CCc1ccccc1)c1ccccc1. The van der Waals surface area contributed by atoms with Gasteiger partial charge >= 0.3 is 0 Å². The molecular formula is C25H28N2O. The van der Waals surface area contributed by atoms with Crippen LogP contribution in [0.15, 0.2) is 84.9 Å². The Morgan fingerprint density at radius 3 is 2.21 bits per heavy atom. The number of amides is 1. The summed E-state index contributed by atoms with van der Waals surface area (Å²) in [5, 5.41) is 3.08. The highest BCUT2D eigenvalue weighted by atomic mass is 16.1. The Morgan fingerprint density at radius 1 is 0.821 bits per heavy atom. The number of carbonyl (C=O) groups excluding carboxylic acids is 1. The number of benzene rings is 3. The predicted molar refractivity (Wildman–Crippen MR) is 117 cm³/mol. The van der Waals surface area contributed by atoms with Crippen molar-refractivity contribution in [3.05, 3.63) is 102 Å². The molecule has 3 aromatic rings. The van der Waals surface area contributed by atoms with Crippen molar-refractivity contribution in [1.82, 2.24) is 5.32 Å². The number of hydrogen-bond acceptors (Lipinski definition) is 2. The monoisotopic (exact) mass is 372 g/mol. The van der Waals surface area contributed by atoms with Crippen LogP contribution in [0.25, 0.3) is 0 Å². The summed E-state index contributed by atoms with van der Waals surface area (Å²) in [7, 11) is 2.08. The van der Waals surface area contributed by atoms with Crippen LogP contribution >= 0.6 is 0 Å². The maximum Gasteiger partial charge on any atom is 0.251 e. The lowest BCUT2D eigenvalue weighted by atomic mass is 9.99. The average Bonchev–Trinajstić information content (AvgIpc) is 2.76. The number of anilines is 1. The second-order valence-electron chi connectivity index (χ2n) is 7.01. The number of para-hydroxylation sites is 1. The van der Waals surface area contributed by atoms with Gasteiger partial charge in [-0.15, -0.1) is 0 Å². The van der Waals surface area contributed by atoms with E-state index in [1.54, 1.807) is 0 Å². The van der Waals surface area contributed by atoms with Crippen molar-refractivity contribution >= 4 is 11.6 Å². The summed E-state index contributed by atoms with van der Waals surface area (Å²) in [6.45, 7) is 1.57. The summed E-state index contributed by atoms with van der Waals surface area (Å²) in [4.78, 5) is 14.9. The fourth-order valence-corrected chi connectivity index (χ4v) is 3.31. The minimum absolute atomic E-state index is 0.0195. The largest absolute Gasteiger partial charge is 0.375 e. The van der Waals surface area contributed by atoms with E-state index in [1.165, 1.54) is 11.3 Å². The average molecular weight is 373 g/mol. The van der Waals surface area contributed by atoms with Gasteiger partial charge in [0.1, 0.15) is 0 Å². The van der Waals surface area contributed by atoms with Crippen molar-refractivity contribution in [3.8, 4) is 0 Å². The maximum atomic E-state index is 12.7. The molecule has 0 heterocycles. The number of carbonyl (C=O) groups is 1. The molecule has 0 saturated heterocycles. The highest BCUT2D eigenvalue weighted by molar-refractivity contribution is 5.95. The molecule has 0 aliphatic carbocycles. The third-order valence-corrected chi connectivity index (χ3v) is 4.94. The highest BCUT2D eigenvalue weighted by Gasteiger charge is 2.10.